The maximum Gasteiger partial charge on any atom is 0.263 e. The molecule has 2 aromatic carbocycles. The van der Waals surface area contributed by atoms with Crippen LogP contribution in [0.3, 0.4) is 0 Å². The summed E-state index contributed by atoms with van der Waals surface area (Å²) in [4.78, 5) is 14.3. The van der Waals surface area contributed by atoms with Gasteiger partial charge in [-0.15, -0.1) is 0 Å². The van der Waals surface area contributed by atoms with Crippen molar-refractivity contribution in [3.8, 4) is 5.75 Å². The Morgan fingerprint density at radius 3 is 2.35 bits per heavy atom. The molecule has 0 saturated carbocycles. The molecule has 168 valence electrons. The van der Waals surface area contributed by atoms with E-state index in [2.05, 4.69) is 4.72 Å². The van der Waals surface area contributed by atoms with Crippen LogP contribution in [0, 0.1) is 0 Å². The lowest BCUT2D eigenvalue weighted by atomic mass is 10.1. The summed E-state index contributed by atoms with van der Waals surface area (Å²) in [5, 5.41) is 0. The zero-order valence-corrected chi connectivity index (χ0v) is 18.8. The molecule has 0 spiro atoms. The van der Waals surface area contributed by atoms with Gasteiger partial charge in [0, 0.05) is 19.1 Å². The minimum absolute atomic E-state index is 0.103. The van der Waals surface area contributed by atoms with Crippen LogP contribution in [0.5, 0.6) is 5.75 Å². The van der Waals surface area contributed by atoms with E-state index in [1.807, 2.05) is 37.3 Å². The van der Waals surface area contributed by atoms with Gasteiger partial charge in [0.15, 0.2) is 6.10 Å². The Balaban J connectivity index is 1.53. The summed E-state index contributed by atoms with van der Waals surface area (Å²) in [6.45, 7) is 5.72. The first-order valence-electron chi connectivity index (χ1n) is 10.5. The van der Waals surface area contributed by atoms with Gasteiger partial charge in [-0.05, 0) is 56.5 Å². The first-order chi connectivity index (χ1) is 14.8. The lowest BCUT2D eigenvalue weighted by Crippen LogP contribution is -2.46. The highest BCUT2D eigenvalue weighted by Gasteiger charge is 2.24. The molecular formula is C23H30N2O5S. The van der Waals surface area contributed by atoms with E-state index in [1.54, 1.807) is 24.0 Å². The number of sulfonamides is 1. The maximum atomic E-state index is 12.7. The van der Waals surface area contributed by atoms with Crippen molar-refractivity contribution in [2.24, 2.45) is 0 Å². The number of morpholine rings is 1. The summed E-state index contributed by atoms with van der Waals surface area (Å²) >= 11 is 0. The van der Waals surface area contributed by atoms with Crippen LogP contribution in [0.1, 0.15) is 25.8 Å². The molecule has 31 heavy (non-hydrogen) atoms. The number of carbonyl (C=O) groups excluding carboxylic acids is 1. The van der Waals surface area contributed by atoms with Crippen molar-refractivity contribution in [2.75, 3.05) is 26.3 Å². The zero-order chi connectivity index (χ0) is 22.3. The molecule has 0 radical (unpaired) electrons. The van der Waals surface area contributed by atoms with Crippen LogP contribution in [0.4, 0.5) is 0 Å². The number of aryl methyl sites for hydroxylation is 1. The SMILES string of the molecule is C[C@H](CCc1ccccc1)NS(=O)(=O)c1ccc(O[C@@H](C)C(=O)N2CCOCC2)cc1. The van der Waals surface area contributed by atoms with Crippen LogP contribution in [0.25, 0.3) is 0 Å². The zero-order valence-electron chi connectivity index (χ0n) is 18.0. The van der Waals surface area contributed by atoms with Gasteiger partial charge in [-0.3, -0.25) is 4.79 Å². The minimum atomic E-state index is -3.64. The molecule has 1 aliphatic heterocycles. The number of benzene rings is 2. The monoisotopic (exact) mass is 446 g/mol. The first-order valence-corrected chi connectivity index (χ1v) is 12.0. The first kappa shape index (κ1) is 23.2. The van der Waals surface area contributed by atoms with Gasteiger partial charge in [-0.2, -0.15) is 0 Å². The van der Waals surface area contributed by atoms with E-state index < -0.39 is 16.1 Å². The molecule has 1 N–H and O–H groups in total. The van der Waals surface area contributed by atoms with Gasteiger partial charge in [0.05, 0.1) is 18.1 Å². The third-order valence-electron chi connectivity index (χ3n) is 5.18. The molecule has 1 aliphatic rings. The fraction of sp³-hybridized carbons (Fsp3) is 0.435. The van der Waals surface area contributed by atoms with E-state index in [9.17, 15) is 13.2 Å². The molecule has 1 saturated heterocycles. The summed E-state index contributed by atoms with van der Waals surface area (Å²) < 4.78 is 39.1. The summed E-state index contributed by atoms with van der Waals surface area (Å²) in [7, 11) is -3.64. The third-order valence-corrected chi connectivity index (χ3v) is 6.79. The maximum absolute atomic E-state index is 12.7. The minimum Gasteiger partial charge on any atom is -0.481 e. The number of carbonyl (C=O) groups is 1. The van der Waals surface area contributed by atoms with Crippen molar-refractivity contribution >= 4 is 15.9 Å². The van der Waals surface area contributed by atoms with E-state index in [4.69, 9.17) is 9.47 Å². The summed E-state index contributed by atoms with van der Waals surface area (Å²) in [5.74, 6) is 0.346. The van der Waals surface area contributed by atoms with Crippen molar-refractivity contribution in [3.05, 3.63) is 60.2 Å². The number of nitrogens with one attached hydrogen (secondary N) is 1. The van der Waals surface area contributed by atoms with Gasteiger partial charge < -0.3 is 14.4 Å². The summed E-state index contributed by atoms with van der Waals surface area (Å²) in [5.41, 5.74) is 1.18. The van der Waals surface area contributed by atoms with Crippen LogP contribution < -0.4 is 9.46 Å². The number of nitrogens with zero attached hydrogens (tertiary/aromatic N) is 1. The molecule has 0 bridgehead atoms. The fourth-order valence-electron chi connectivity index (χ4n) is 3.41. The van der Waals surface area contributed by atoms with E-state index in [0.717, 1.165) is 6.42 Å². The molecule has 8 heteroatoms. The Hall–Kier alpha value is -2.42. The molecule has 2 aromatic rings. The normalized spacial score (nSPS) is 16.5. The summed E-state index contributed by atoms with van der Waals surface area (Å²) in [6.07, 6.45) is 0.842. The lowest BCUT2D eigenvalue weighted by molar-refractivity contribution is -0.142. The molecular weight excluding hydrogens is 416 g/mol. The average Bonchev–Trinajstić information content (AvgIpc) is 2.78. The average molecular weight is 447 g/mol. The van der Waals surface area contributed by atoms with Crippen molar-refractivity contribution in [2.45, 2.75) is 43.7 Å². The third kappa shape index (κ3) is 6.78. The van der Waals surface area contributed by atoms with Crippen LogP contribution in [-0.2, 0) is 26.0 Å². The topological polar surface area (TPSA) is 84.9 Å². The Kier molecular flexibility index (Phi) is 8.06. The van der Waals surface area contributed by atoms with Gasteiger partial charge in [0.1, 0.15) is 5.75 Å². The smallest absolute Gasteiger partial charge is 0.263 e. The Morgan fingerprint density at radius 1 is 1.06 bits per heavy atom. The van der Waals surface area contributed by atoms with Crippen LogP contribution in [-0.4, -0.2) is 57.7 Å². The van der Waals surface area contributed by atoms with Crippen LogP contribution in [0.2, 0.25) is 0 Å². The van der Waals surface area contributed by atoms with Crippen LogP contribution >= 0.6 is 0 Å². The van der Waals surface area contributed by atoms with Crippen molar-refractivity contribution in [1.82, 2.24) is 9.62 Å². The van der Waals surface area contributed by atoms with Crippen molar-refractivity contribution in [1.29, 1.82) is 0 Å². The largest absolute Gasteiger partial charge is 0.481 e. The molecule has 0 aromatic heterocycles. The van der Waals surface area contributed by atoms with Crippen molar-refractivity contribution < 1.29 is 22.7 Å². The Morgan fingerprint density at radius 2 is 1.71 bits per heavy atom. The quantitative estimate of drug-likeness (QED) is 0.640. The van der Waals surface area contributed by atoms with Gasteiger partial charge in [-0.1, -0.05) is 30.3 Å². The molecule has 7 nitrogen and oxygen atoms in total. The molecule has 1 amide bonds. The molecule has 1 heterocycles. The second-order valence-electron chi connectivity index (χ2n) is 7.72. The number of ether oxygens (including phenoxy) is 2. The van der Waals surface area contributed by atoms with Gasteiger partial charge in [0.25, 0.3) is 5.91 Å². The Labute approximate surface area is 184 Å². The van der Waals surface area contributed by atoms with Gasteiger partial charge >= 0.3 is 0 Å². The van der Waals surface area contributed by atoms with Crippen LogP contribution in [0.15, 0.2) is 59.5 Å². The second-order valence-corrected chi connectivity index (χ2v) is 9.43. The summed E-state index contributed by atoms with van der Waals surface area (Å²) in [6, 6.07) is 15.9. The van der Waals surface area contributed by atoms with E-state index in [1.165, 1.54) is 17.7 Å². The van der Waals surface area contributed by atoms with Crippen molar-refractivity contribution in [3.63, 3.8) is 0 Å². The number of hydrogen-bond donors (Lipinski definition) is 1. The van der Waals surface area contributed by atoms with E-state index in [0.29, 0.717) is 38.5 Å². The molecule has 1 fully saturated rings. The predicted molar refractivity (Wildman–Crippen MR) is 118 cm³/mol. The lowest BCUT2D eigenvalue weighted by Gasteiger charge is -2.29. The standard InChI is InChI=1S/C23H30N2O5S/c1-18(8-9-20-6-4-3-5-7-20)24-31(27,28)22-12-10-21(11-13-22)30-19(2)23(26)25-14-16-29-17-15-25/h3-7,10-13,18-19,24H,8-9,14-17H2,1-2H3/t18-,19+/m1/s1. The highest BCUT2D eigenvalue weighted by Crippen LogP contribution is 2.19. The molecule has 0 unspecified atom stereocenters. The highest BCUT2D eigenvalue weighted by atomic mass is 32.2. The van der Waals surface area contributed by atoms with Gasteiger partial charge in [0.2, 0.25) is 10.0 Å². The molecule has 2 atom stereocenters. The number of hydrogen-bond acceptors (Lipinski definition) is 5. The fourth-order valence-corrected chi connectivity index (χ4v) is 4.69. The highest BCUT2D eigenvalue weighted by molar-refractivity contribution is 7.89. The number of rotatable bonds is 9. The molecule has 0 aliphatic carbocycles. The van der Waals surface area contributed by atoms with E-state index >= 15 is 0 Å². The molecule has 3 rings (SSSR count). The Bertz CT molecular complexity index is 942. The number of amides is 1. The van der Waals surface area contributed by atoms with Gasteiger partial charge in [-0.25, -0.2) is 13.1 Å². The van der Waals surface area contributed by atoms with E-state index in [-0.39, 0.29) is 16.8 Å². The second kappa shape index (κ2) is 10.7. The predicted octanol–water partition coefficient (Wildman–Crippen LogP) is 2.61.